The number of likely N-dealkylation sites (tertiary alicyclic amines) is 1. The number of nitrogens with two attached hydrogens (primary N) is 2. The Morgan fingerprint density at radius 2 is 1.85 bits per heavy atom. The summed E-state index contributed by atoms with van der Waals surface area (Å²) in [5, 5.41) is 1.81. The molecule has 4 rings (SSSR count). The third kappa shape index (κ3) is 6.43. The number of benzene rings is 2. The molecule has 8 heteroatoms. The summed E-state index contributed by atoms with van der Waals surface area (Å²) in [6.07, 6.45) is 4.30. The van der Waals surface area contributed by atoms with E-state index in [1.54, 1.807) is 0 Å². The second kappa shape index (κ2) is 11.7. The first-order valence-electron chi connectivity index (χ1n) is 11.8. The minimum Gasteiger partial charge on any atom is -0.490 e. The average Bonchev–Trinajstić information content (AvgIpc) is 3.18. The summed E-state index contributed by atoms with van der Waals surface area (Å²) in [5.41, 5.74) is 14.9. The zero-order valence-electron chi connectivity index (χ0n) is 19.5. The molecule has 1 aromatic heterocycles. The zero-order chi connectivity index (χ0) is 24.1. The smallest absolute Gasteiger partial charge is 0.180 e. The topological polar surface area (TPSA) is 77.4 Å². The highest BCUT2D eigenvalue weighted by Crippen LogP contribution is 2.32. The molecule has 182 valence electrons. The molecule has 3 aromatic rings. The van der Waals surface area contributed by atoms with Crippen LogP contribution in [0.15, 0.2) is 42.5 Å². The van der Waals surface area contributed by atoms with Crippen LogP contribution in [-0.4, -0.2) is 35.6 Å². The number of piperidine rings is 1. The van der Waals surface area contributed by atoms with Gasteiger partial charge in [-0.15, -0.1) is 11.3 Å². The van der Waals surface area contributed by atoms with Crippen molar-refractivity contribution in [3.05, 3.63) is 63.0 Å². The van der Waals surface area contributed by atoms with Gasteiger partial charge in [-0.05, 0) is 100 Å². The van der Waals surface area contributed by atoms with Crippen LogP contribution in [0.4, 0.5) is 5.13 Å². The van der Waals surface area contributed by atoms with Crippen LogP contribution >= 0.6 is 34.5 Å². The lowest BCUT2D eigenvalue weighted by molar-refractivity contribution is 0.0679. The average molecular weight is 520 g/mol. The fourth-order valence-electron chi connectivity index (χ4n) is 4.64. The fourth-order valence-corrected chi connectivity index (χ4v) is 5.67. The molecule has 1 aliphatic rings. The maximum Gasteiger partial charge on any atom is 0.180 e. The molecule has 2 aromatic carbocycles. The number of ether oxygens (including phenoxy) is 1. The number of nitrogen functional groups attached to an aromatic ring is 1. The highest BCUT2D eigenvalue weighted by Gasteiger charge is 2.28. The summed E-state index contributed by atoms with van der Waals surface area (Å²) >= 11 is 13.8. The molecule has 0 spiro atoms. The quantitative estimate of drug-likeness (QED) is 0.342. The first-order chi connectivity index (χ1) is 16.4. The number of hydrogen-bond donors (Lipinski definition) is 2. The van der Waals surface area contributed by atoms with Gasteiger partial charge in [0.25, 0.3) is 0 Å². The monoisotopic (exact) mass is 518 g/mol. The lowest BCUT2D eigenvalue weighted by Gasteiger charge is -2.36. The summed E-state index contributed by atoms with van der Waals surface area (Å²) in [7, 11) is 0. The summed E-state index contributed by atoms with van der Waals surface area (Å²) < 4.78 is 6.52. The Balaban J connectivity index is 1.36. The number of aryl methyl sites for hydroxylation is 1. The fraction of sp³-hybridized carbons (Fsp3) is 0.423. The van der Waals surface area contributed by atoms with Gasteiger partial charge < -0.3 is 16.2 Å². The Labute approximate surface area is 216 Å². The van der Waals surface area contributed by atoms with Crippen LogP contribution in [0, 0.1) is 12.8 Å². The minimum atomic E-state index is 0.165. The largest absolute Gasteiger partial charge is 0.490 e. The second-order valence-corrected chi connectivity index (χ2v) is 11.0. The summed E-state index contributed by atoms with van der Waals surface area (Å²) in [6, 6.07) is 14.1. The van der Waals surface area contributed by atoms with Crippen molar-refractivity contribution < 1.29 is 4.74 Å². The van der Waals surface area contributed by atoms with Crippen molar-refractivity contribution in [2.75, 3.05) is 25.4 Å². The van der Waals surface area contributed by atoms with Gasteiger partial charge in [-0.1, -0.05) is 29.3 Å². The van der Waals surface area contributed by atoms with Gasteiger partial charge in [0.1, 0.15) is 11.9 Å². The van der Waals surface area contributed by atoms with Crippen molar-refractivity contribution >= 4 is 39.7 Å². The van der Waals surface area contributed by atoms with Gasteiger partial charge in [0.2, 0.25) is 0 Å². The Morgan fingerprint density at radius 3 is 2.47 bits per heavy atom. The van der Waals surface area contributed by atoms with Gasteiger partial charge in [-0.25, -0.2) is 4.98 Å². The van der Waals surface area contributed by atoms with Gasteiger partial charge in [0.05, 0.1) is 15.7 Å². The minimum absolute atomic E-state index is 0.165. The lowest BCUT2D eigenvalue weighted by atomic mass is 9.88. The third-order valence-corrected chi connectivity index (χ3v) is 8.01. The molecule has 0 aliphatic carbocycles. The van der Waals surface area contributed by atoms with E-state index >= 15 is 0 Å². The lowest BCUT2D eigenvalue weighted by Crippen LogP contribution is -2.39. The molecule has 0 saturated carbocycles. The van der Waals surface area contributed by atoms with E-state index in [2.05, 4.69) is 28.1 Å². The predicted octanol–water partition coefficient (Wildman–Crippen LogP) is 6.41. The molecule has 1 fully saturated rings. The van der Waals surface area contributed by atoms with Crippen LogP contribution in [0.25, 0.3) is 11.3 Å². The van der Waals surface area contributed by atoms with Gasteiger partial charge in [-0.3, -0.25) is 4.90 Å². The molecule has 2 heterocycles. The molecule has 4 N–H and O–H groups in total. The normalized spacial score (nSPS) is 16.0. The summed E-state index contributed by atoms with van der Waals surface area (Å²) in [6.45, 7) is 5.69. The van der Waals surface area contributed by atoms with Crippen molar-refractivity contribution in [2.24, 2.45) is 11.7 Å². The number of halogens is 2. The molecule has 5 nitrogen and oxygen atoms in total. The number of hydrogen-bond acceptors (Lipinski definition) is 6. The third-order valence-electron chi connectivity index (χ3n) is 6.47. The number of rotatable bonds is 9. The Bertz CT molecular complexity index is 1080. The maximum atomic E-state index is 6.52. The van der Waals surface area contributed by atoms with Crippen LogP contribution in [0.2, 0.25) is 10.0 Å². The zero-order valence-corrected chi connectivity index (χ0v) is 21.8. The van der Waals surface area contributed by atoms with E-state index in [4.69, 9.17) is 39.4 Å². The maximum absolute atomic E-state index is 6.52. The number of thiazole rings is 1. The van der Waals surface area contributed by atoms with E-state index in [1.807, 2.05) is 31.2 Å². The number of anilines is 1. The standard InChI is InChI=1S/C26H32Cl2N4OS/c1-17-25(31-26(30)34-17)20-5-7-21(8-6-20)33-24(3-2-12-29)19-10-13-32(14-11-19)16-18-4-9-22(27)23(28)15-18/h4-9,15,19,24H,2-3,10-14,16,29H2,1H3,(H2,30,31). The molecular weight excluding hydrogens is 487 g/mol. The van der Waals surface area contributed by atoms with E-state index in [9.17, 15) is 0 Å². The van der Waals surface area contributed by atoms with Gasteiger partial charge in [0, 0.05) is 17.0 Å². The van der Waals surface area contributed by atoms with Crippen molar-refractivity contribution in [1.82, 2.24) is 9.88 Å². The molecule has 34 heavy (non-hydrogen) atoms. The number of aromatic nitrogens is 1. The molecule has 1 atom stereocenters. The predicted molar refractivity (Wildman–Crippen MR) is 144 cm³/mol. The van der Waals surface area contributed by atoms with Crippen molar-refractivity contribution in [3.8, 4) is 17.0 Å². The van der Waals surface area contributed by atoms with Gasteiger partial charge >= 0.3 is 0 Å². The molecule has 1 saturated heterocycles. The van der Waals surface area contributed by atoms with Crippen LogP contribution in [0.1, 0.15) is 36.1 Å². The molecule has 0 radical (unpaired) electrons. The summed E-state index contributed by atoms with van der Waals surface area (Å²) in [4.78, 5) is 8.06. The molecular formula is C26H32Cl2N4OS. The molecule has 0 amide bonds. The first-order valence-corrected chi connectivity index (χ1v) is 13.4. The molecule has 1 unspecified atom stereocenters. The van der Waals surface area contributed by atoms with E-state index in [0.29, 0.717) is 27.6 Å². The van der Waals surface area contributed by atoms with Crippen LogP contribution < -0.4 is 16.2 Å². The summed E-state index contributed by atoms with van der Waals surface area (Å²) in [5.74, 6) is 1.40. The number of nitrogens with zero attached hydrogens (tertiary/aromatic N) is 2. The Hall–Kier alpha value is -1.83. The van der Waals surface area contributed by atoms with Crippen LogP contribution in [0.3, 0.4) is 0 Å². The SMILES string of the molecule is Cc1sc(N)nc1-c1ccc(OC(CCCN)C2CCN(Cc3ccc(Cl)c(Cl)c3)CC2)cc1. The van der Waals surface area contributed by atoms with E-state index < -0.39 is 0 Å². The van der Waals surface area contributed by atoms with Crippen LogP contribution in [-0.2, 0) is 6.54 Å². The van der Waals surface area contributed by atoms with Crippen LogP contribution in [0.5, 0.6) is 5.75 Å². The van der Waals surface area contributed by atoms with E-state index in [0.717, 1.165) is 67.2 Å². The molecule has 0 bridgehead atoms. The Morgan fingerprint density at radius 1 is 1.12 bits per heavy atom. The highest BCUT2D eigenvalue weighted by atomic mass is 35.5. The molecule has 1 aliphatic heterocycles. The Kier molecular flexibility index (Phi) is 8.72. The van der Waals surface area contributed by atoms with Crippen molar-refractivity contribution in [3.63, 3.8) is 0 Å². The second-order valence-electron chi connectivity index (χ2n) is 8.93. The van der Waals surface area contributed by atoms with Gasteiger partial charge in [-0.2, -0.15) is 0 Å². The van der Waals surface area contributed by atoms with E-state index in [1.165, 1.54) is 16.9 Å². The highest BCUT2D eigenvalue weighted by molar-refractivity contribution is 7.15. The van der Waals surface area contributed by atoms with Crippen molar-refractivity contribution in [2.45, 2.75) is 45.3 Å². The first kappa shape index (κ1) is 25.3. The van der Waals surface area contributed by atoms with E-state index in [-0.39, 0.29) is 6.10 Å². The van der Waals surface area contributed by atoms with Crippen molar-refractivity contribution in [1.29, 1.82) is 0 Å². The van der Waals surface area contributed by atoms with Gasteiger partial charge in [0.15, 0.2) is 5.13 Å².